The van der Waals surface area contributed by atoms with E-state index in [9.17, 15) is 0 Å². The van der Waals surface area contributed by atoms with Crippen molar-refractivity contribution in [2.45, 2.75) is 65.3 Å². The molecule has 1 heteroatoms. The van der Waals surface area contributed by atoms with Gasteiger partial charge in [-0.15, -0.1) is 0 Å². The molecule has 1 aliphatic carbocycles. The van der Waals surface area contributed by atoms with Crippen LogP contribution in [0.15, 0.2) is 24.3 Å². The summed E-state index contributed by atoms with van der Waals surface area (Å²) in [6.07, 6.45) is 6.97. The molecular formula is C19H31N. The van der Waals surface area contributed by atoms with Crippen LogP contribution < -0.4 is 5.32 Å². The van der Waals surface area contributed by atoms with E-state index in [1.807, 2.05) is 0 Å². The summed E-state index contributed by atoms with van der Waals surface area (Å²) < 4.78 is 0. The summed E-state index contributed by atoms with van der Waals surface area (Å²) >= 11 is 0. The fourth-order valence-corrected chi connectivity index (χ4v) is 3.30. The van der Waals surface area contributed by atoms with E-state index in [2.05, 4.69) is 57.3 Å². The highest BCUT2D eigenvalue weighted by Crippen LogP contribution is 2.33. The summed E-state index contributed by atoms with van der Waals surface area (Å²) in [6, 6.07) is 9.12. The first-order valence-corrected chi connectivity index (χ1v) is 8.24. The van der Waals surface area contributed by atoms with Gasteiger partial charge >= 0.3 is 0 Å². The highest BCUT2D eigenvalue weighted by molar-refractivity contribution is 5.21. The number of nitrogens with one attached hydrogen (secondary N) is 1. The highest BCUT2D eigenvalue weighted by atomic mass is 14.9. The predicted molar refractivity (Wildman–Crippen MR) is 88.1 cm³/mol. The minimum Gasteiger partial charge on any atom is -0.312 e. The molecule has 1 aliphatic rings. The number of hydrogen-bond donors (Lipinski definition) is 1. The Labute approximate surface area is 125 Å². The number of benzene rings is 1. The Hall–Kier alpha value is -0.820. The van der Waals surface area contributed by atoms with Crippen molar-refractivity contribution in [3.63, 3.8) is 0 Å². The van der Waals surface area contributed by atoms with E-state index in [0.29, 0.717) is 0 Å². The highest BCUT2D eigenvalue weighted by Gasteiger charge is 2.26. The van der Waals surface area contributed by atoms with Crippen LogP contribution in [0.1, 0.15) is 57.6 Å². The van der Waals surface area contributed by atoms with Gasteiger partial charge in [0.25, 0.3) is 0 Å². The second-order valence-electron chi connectivity index (χ2n) is 7.63. The maximum atomic E-state index is 3.73. The Morgan fingerprint density at radius 3 is 2.25 bits per heavy atom. The molecule has 1 N–H and O–H groups in total. The van der Waals surface area contributed by atoms with E-state index in [-0.39, 0.29) is 5.54 Å². The van der Waals surface area contributed by atoms with Crippen molar-refractivity contribution in [3.05, 3.63) is 35.4 Å². The van der Waals surface area contributed by atoms with Gasteiger partial charge in [0.05, 0.1) is 0 Å². The van der Waals surface area contributed by atoms with Crippen molar-refractivity contribution in [2.24, 2.45) is 11.8 Å². The van der Waals surface area contributed by atoms with Crippen molar-refractivity contribution in [3.8, 4) is 0 Å². The van der Waals surface area contributed by atoms with Gasteiger partial charge in [0.2, 0.25) is 0 Å². The van der Waals surface area contributed by atoms with Gasteiger partial charge in [-0.05, 0) is 58.1 Å². The molecule has 20 heavy (non-hydrogen) atoms. The Morgan fingerprint density at radius 1 is 1.10 bits per heavy atom. The first-order valence-electron chi connectivity index (χ1n) is 8.24. The molecule has 0 aliphatic heterocycles. The Bertz CT molecular complexity index is 393. The molecule has 0 saturated heterocycles. The zero-order valence-corrected chi connectivity index (χ0v) is 13.7. The second-order valence-corrected chi connectivity index (χ2v) is 7.63. The summed E-state index contributed by atoms with van der Waals surface area (Å²) in [4.78, 5) is 0. The van der Waals surface area contributed by atoms with Crippen molar-refractivity contribution >= 4 is 0 Å². The maximum Gasteiger partial charge on any atom is 0.00966 e. The summed E-state index contributed by atoms with van der Waals surface area (Å²) in [7, 11) is 0. The number of rotatable bonds is 5. The molecule has 0 aromatic heterocycles. The summed E-state index contributed by atoms with van der Waals surface area (Å²) in [5.74, 6) is 1.71. The minimum absolute atomic E-state index is 0.226. The lowest BCUT2D eigenvalue weighted by Gasteiger charge is -2.29. The molecule has 0 radical (unpaired) electrons. The van der Waals surface area contributed by atoms with Gasteiger partial charge in [-0.2, -0.15) is 0 Å². The van der Waals surface area contributed by atoms with Crippen LogP contribution in [0.4, 0.5) is 0 Å². The van der Waals surface area contributed by atoms with E-state index < -0.39 is 0 Å². The minimum atomic E-state index is 0.226. The Balaban J connectivity index is 1.99. The van der Waals surface area contributed by atoms with E-state index in [4.69, 9.17) is 0 Å². The molecule has 2 rings (SSSR count). The van der Waals surface area contributed by atoms with E-state index in [0.717, 1.165) is 18.4 Å². The van der Waals surface area contributed by atoms with E-state index in [1.54, 1.807) is 0 Å². The van der Waals surface area contributed by atoms with Gasteiger partial charge in [-0.1, -0.05) is 55.5 Å². The molecule has 0 amide bonds. The zero-order chi connectivity index (χ0) is 14.6. The normalized spacial score (nSPS) is 18.4. The van der Waals surface area contributed by atoms with Crippen molar-refractivity contribution in [1.29, 1.82) is 0 Å². The number of aryl methyl sites for hydroxylation is 1. The standard InChI is InChI=1S/C19H31N/c1-15-9-11-16(12-10-15)13-18(14-20-19(2,3)4)17-7-5-6-8-17/h9-12,17-18,20H,5-8,13-14H2,1-4H3. The third-order valence-corrected chi connectivity index (χ3v) is 4.58. The zero-order valence-electron chi connectivity index (χ0n) is 13.7. The fraction of sp³-hybridized carbons (Fsp3) is 0.684. The summed E-state index contributed by atoms with van der Waals surface area (Å²) in [5, 5.41) is 3.73. The number of hydrogen-bond acceptors (Lipinski definition) is 1. The van der Waals surface area contributed by atoms with Crippen molar-refractivity contribution in [2.75, 3.05) is 6.54 Å². The smallest absolute Gasteiger partial charge is 0.00966 e. The van der Waals surface area contributed by atoms with Crippen LogP contribution in [0.5, 0.6) is 0 Å². The van der Waals surface area contributed by atoms with E-state index >= 15 is 0 Å². The molecule has 112 valence electrons. The molecule has 0 bridgehead atoms. The van der Waals surface area contributed by atoms with Crippen LogP contribution in [0.25, 0.3) is 0 Å². The van der Waals surface area contributed by atoms with Crippen LogP contribution in [0.3, 0.4) is 0 Å². The monoisotopic (exact) mass is 273 g/mol. The largest absolute Gasteiger partial charge is 0.312 e. The van der Waals surface area contributed by atoms with Crippen LogP contribution in [-0.4, -0.2) is 12.1 Å². The molecule has 1 aromatic carbocycles. The van der Waals surface area contributed by atoms with Crippen LogP contribution >= 0.6 is 0 Å². The third kappa shape index (κ3) is 4.94. The van der Waals surface area contributed by atoms with Crippen LogP contribution in [-0.2, 0) is 6.42 Å². The molecule has 1 nitrogen and oxygen atoms in total. The van der Waals surface area contributed by atoms with Crippen LogP contribution in [0, 0.1) is 18.8 Å². The van der Waals surface area contributed by atoms with E-state index in [1.165, 1.54) is 43.2 Å². The SMILES string of the molecule is Cc1ccc(CC(CNC(C)(C)C)C2CCCC2)cc1. The molecule has 1 unspecified atom stereocenters. The lowest BCUT2D eigenvalue weighted by atomic mass is 9.85. The van der Waals surface area contributed by atoms with Gasteiger partial charge in [0.1, 0.15) is 0 Å². The maximum absolute atomic E-state index is 3.73. The Kier molecular flexibility index (Phi) is 5.26. The Morgan fingerprint density at radius 2 is 1.70 bits per heavy atom. The van der Waals surface area contributed by atoms with Gasteiger partial charge in [0.15, 0.2) is 0 Å². The average molecular weight is 273 g/mol. The van der Waals surface area contributed by atoms with Crippen molar-refractivity contribution < 1.29 is 0 Å². The van der Waals surface area contributed by atoms with Gasteiger partial charge in [-0.25, -0.2) is 0 Å². The lowest BCUT2D eigenvalue weighted by molar-refractivity contribution is 0.286. The van der Waals surface area contributed by atoms with Crippen LogP contribution in [0.2, 0.25) is 0 Å². The van der Waals surface area contributed by atoms with Gasteiger partial charge in [0, 0.05) is 5.54 Å². The third-order valence-electron chi connectivity index (χ3n) is 4.58. The predicted octanol–water partition coefficient (Wildman–Crippen LogP) is 4.73. The molecule has 1 atom stereocenters. The van der Waals surface area contributed by atoms with Gasteiger partial charge in [-0.3, -0.25) is 0 Å². The second kappa shape index (κ2) is 6.76. The van der Waals surface area contributed by atoms with Gasteiger partial charge < -0.3 is 5.32 Å². The molecule has 1 aromatic rings. The first kappa shape index (κ1) is 15.6. The van der Waals surface area contributed by atoms with Crippen molar-refractivity contribution in [1.82, 2.24) is 5.32 Å². The first-order chi connectivity index (χ1) is 9.44. The molecule has 1 saturated carbocycles. The quantitative estimate of drug-likeness (QED) is 0.817. The topological polar surface area (TPSA) is 12.0 Å². The average Bonchev–Trinajstić information content (AvgIpc) is 2.89. The summed E-state index contributed by atoms with van der Waals surface area (Å²) in [5.41, 5.74) is 3.09. The fourth-order valence-electron chi connectivity index (χ4n) is 3.30. The lowest BCUT2D eigenvalue weighted by Crippen LogP contribution is -2.41. The molecule has 0 spiro atoms. The molecule has 0 heterocycles. The summed E-state index contributed by atoms with van der Waals surface area (Å²) in [6.45, 7) is 10.1. The molecular weight excluding hydrogens is 242 g/mol. The molecule has 1 fully saturated rings.